The predicted molar refractivity (Wildman–Crippen MR) is 95.2 cm³/mol. The van der Waals surface area contributed by atoms with E-state index in [2.05, 4.69) is 45.1 Å². The molecule has 0 unspecified atom stereocenters. The minimum absolute atomic E-state index is 0.296. The van der Waals surface area contributed by atoms with Crippen LogP contribution in [-0.2, 0) is 16.4 Å². The molecule has 1 aromatic carbocycles. The van der Waals surface area contributed by atoms with Gasteiger partial charge in [0.05, 0.1) is 4.90 Å². The van der Waals surface area contributed by atoms with Crippen molar-refractivity contribution in [2.45, 2.75) is 44.0 Å². The number of hydrogen-bond acceptors (Lipinski definition) is 2. The van der Waals surface area contributed by atoms with E-state index < -0.39 is 10.0 Å². The van der Waals surface area contributed by atoms with Gasteiger partial charge in [-0.2, -0.15) is 0 Å². The first kappa shape index (κ1) is 16.7. The quantitative estimate of drug-likeness (QED) is 0.808. The van der Waals surface area contributed by atoms with Gasteiger partial charge in [0.15, 0.2) is 0 Å². The largest absolute Gasteiger partial charge is 0.346 e. The summed E-state index contributed by atoms with van der Waals surface area (Å²) in [5.74, 6) is 0. The van der Waals surface area contributed by atoms with Gasteiger partial charge in [0.25, 0.3) is 0 Å². The van der Waals surface area contributed by atoms with Gasteiger partial charge in [-0.05, 0) is 69.0 Å². The number of sulfonamides is 1. The topological polar surface area (TPSA) is 51.1 Å². The van der Waals surface area contributed by atoms with Crippen LogP contribution in [0, 0.1) is 13.8 Å². The van der Waals surface area contributed by atoms with Crippen molar-refractivity contribution in [3.63, 3.8) is 0 Å². The molecule has 1 aliphatic carbocycles. The van der Waals surface area contributed by atoms with Gasteiger partial charge in [-0.25, -0.2) is 13.1 Å². The van der Waals surface area contributed by atoms with Gasteiger partial charge in [-0.15, -0.1) is 0 Å². The Kier molecular flexibility index (Phi) is 4.67. The molecular weight excluding hydrogens is 376 g/mol. The van der Waals surface area contributed by atoms with Gasteiger partial charge in [0, 0.05) is 28.4 Å². The van der Waals surface area contributed by atoms with Gasteiger partial charge >= 0.3 is 0 Å². The monoisotopic (exact) mass is 396 g/mol. The van der Waals surface area contributed by atoms with Crippen LogP contribution < -0.4 is 4.72 Å². The minimum Gasteiger partial charge on any atom is -0.346 e. The Morgan fingerprint density at radius 2 is 1.87 bits per heavy atom. The summed E-state index contributed by atoms with van der Waals surface area (Å²) >= 11 is 3.31. The molecule has 1 aliphatic rings. The van der Waals surface area contributed by atoms with E-state index in [1.54, 1.807) is 24.3 Å². The fraction of sp³-hybridized carbons (Fsp3) is 0.412. The second-order valence-corrected chi connectivity index (χ2v) is 8.78. The molecule has 0 radical (unpaired) electrons. The van der Waals surface area contributed by atoms with Crippen molar-refractivity contribution in [1.29, 1.82) is 0 Å². The normalized spacial score (nSPS) is 15.1. The summed E-state index contributed by atoms with van der Waals surface area (Å²) in [7, 11) is -3.44. The molecule has 23 heavy (non-hydrogen) atoms. The molecule has 0 spiro atoms. The number of rotatable bonds is 6. The maximum Gasteiger partial charge on any atom is 0.240 e. The number of aryl methyl sites for hydroxylation is 1. The first-order chi connectivity index (χ1) is 10.9. The molecule has 0 bridgehead atoms. The van der Waals surface area contributed by atoms with Crippen molar-refractivity contribution in [3.8, 4) is 0 Å². The van der Waals surface area contributed by atoms with Gasteiger partial charge in [-0.3, -0.25) is 0 Å². The Balaban J connectivity index is 1.65. The molecule has 1 saturated carbocycles. The van der Waals surface area contributed by atoms with E-state index in [0.717, 1.165) is 4.47 Å². The second kappa shape index (κ2) is 6.42. The standard InChI is InChI=1S/C17H21BrN2O2S/c1-12-11-14(13(2)20(12)16-5-6-16)9-10-19-23(21,22)17-7-3-15(18)4-8-17/h3-4,7-8,11,16,19H,5-6,9-10H2,1-2H3. The van der Waals surface area contributed by atoms with E-state index in [0.29, 0.717) is 23.9 Å². The van der Waals surface area contributed by atoms with Gasteiger partial charge < -0.3 is 4.57 Å². The van der Waals surface area contributed by atoms with Crippen molar-refractivity contribution >= 4 is 26.0 Å². The molecule has 1 heterocycles. The number of benzene rings is 1. The van der Waals surface area contributed by atoms with E-state index in [1.165, 1.54) is 29.8 Å². The summed E-state index contributed by atoms with van der Waals surface area (Å²) in [6.07, 6.45) is 3.22. The molecule has 1 aromatic heterocycles. The zero-order valence-electron chi connectivity index (χ0n) is 13.3. The first-order valence-electron chi connectivity index (χ1n) is 7.81. The Hall–Kier alpha value is -1.11. The van der Waals surface area contributed by atoms with Crippen LogP contribution in [0.2, 0.25) is 0 Å². The molecule has 1 N–H and O–H groups in total. The van der Waals surface area contributed by atoms with Crippen molar-refractivity contribution < 1.29 is 8.42 Å². The average Bonchev–Trinajstić information content (AvgIpc) is 3.27. The summed E-state index contributed by atoms with van der Waals surface area (Å²) in [6, 6.07) is 9.51. The molecule has 0 atom stereocenters. The fourth-order valence-corrected chi connectivity index (χ4v) is 4.31. The Morgan fingerprint density at radius 1 is 1.22 bits per heavy atom. The maximum absolute atomic E-state index is 12.3. The van der Waals surface area contributed by atoms with Crippen LogP contribution in [0.5, 0.6) is 0 Å². The van der Waals surface area contributed by atoms with Crippen LogP contribution in [0.1, 0.15) is 35.8 Å². The van der Waals surface area contributed by atoms with Gasteiger partial charge in [-0.1, -0.05) is 15.9 Å². The summed E-state index contributed by atoms with van der Waals surface area (Å²) in [4.78, 5) is 0.296. The molecule has 124 valence electrons. The van der Waals surface area contributed by atoms with Gasteiger partial charge in [0.1, 0.15) is 0 Å². The van der Waals surface area contributed by atoms with Crippen LogP contribution in [0.25, 0.3) is 0 Å². The second-order valence-electron chi connectivity index (χ2n) is 6.10. The summed E-state index contributed by atoms with van der Waals surface area (Å²) in [5, 5.41) is 0. The molecule has 2 aromatic rings. The van der Waals surface area contributed by atoms with Crippen LogP contribution >= 0.6 is 15.9 Å². The lowest BCUT2D eigenvalue weighted by atomic mass is 10.2. The van der Waals surface area contributed by atoms with E-state index >= 15 is 0 Å². The molecule has 0 aliphatic heterocycles. The van der Waals surface area contributed by atoms with Crippen LogP contribution in [0.15, 0.2) is 39.7 Å². The molecule has 1 fully saturated rings. The van der Waals surface area contributed by atoms with Gasteiger partial charge in [0.2, 0.25) is 10.0 Å². The Bertz CT molecular complexity index is 806. The summed E-state index contributed by atoms with van der Waals surface area (Å²) in [5.41, 5.74) is 3.77. The van der Waals surface area contributed by atoms with E-state index in [1.807, 2.05) is 0 Å². The number of nitrogens with one attached hydrogen (secondary N) is 1. The van der Waals surface area contributed by atoms with E-state index in [-0.39, 0.29) is 0 Å². The molecular formula is C17H21BrN2O2S. The number of hydrogen-bond donors (Lipinski definition) is 1. The lowest BCUT2D eigenvalue weighted by Gasteiger charge is -2.09. The number of aromatic nitrogens is 1. The van der Waals surface area contributed by atoms with Crippen molar-refractivity contribution in [2.24, 2.45) is 0 Å². The maximum atomic E-state index is 12.3. The first-order valence-corrected chi connectivity index (χ1v) is 10.1. The molecule has 0 amide bonds. The van der Waals surface area contributed by atoms with Crippen molar-refractivity contribution in [3.05, 3.63) is 51.8 Å². The van der Waals surface area contributed by atoms with Crippen molar-refractivity contribution in [2.75, 3.05) is 6.54 Å². The summed E-state index contributed by atoms with van der Waals surface area (Å²) < 4.78 is 30.5. The van der Waals surface area contributed by atoms with E-state index in [9.17, 15) is 8.42 Å². The molecule has 6 heteroatoms. The lowest BCUT2D eigenvalue weighted by molar-refractivity contribution is 0.581. The average molecular weight is 397 g/mol. The number of nitrogens with zero attached hydrogens (tertiary/aromatic N) is 1. The zero-order chi connectivity index (χ0) is 16.6. The third-order valence-electron chi connectivity index (χ3n) is 4.31. The smallest absolute Gasteiger partial charge is 0.240 e. The lowest BCUT2D eigenvalue weighted by Crippen LogP contribution is -2.26. The highest BCUT2D eigenvalue weighted by atomic mass is 79.9. The van der Waals surface area contributed by atoms with Crippen molar-refractivity contribution in [1.82, 2.24) is 9.29 Å². The predicted octanol–water partition coefficient (Wildman–Crippen LogP) is 3.72. The van der Waals surface area contributed by atoms with Crippen LogP contribution in [-0.4, -0.2) is 19.5 Å². The highest BCUT2D eigenvalue weighted by molar-refractivity contribution is 9.10. The molecule has 4 nitrogen and oxygen atoms in total. The van der Waals surface area contributed by atoms with Crippen LogP contribution in [0.4, 0.5) is 0 Å². The van der Waals surface area contributed by atoms with Crippen LogP contribution in [0.3, 0.4) is 0 Å². The summed E-state index contributed by atoms with van der Waals surface area (Å²) in [6.45, 7) is 4.66. The van der Waals surface area contributed by atoms with E-state index in [4.69, 9.17) is 0 Å². The Labute approximate surface area is 146 Å². The SMILES string of the molecule is Cc1cc(CCNS(=O)(=O)c2ccc(Br)cc2)c(C)n1C1CC1. The highest BCUT2D eigenvalue weighted by Gasteiger charge is 2.26. The third kappa shape index (κ3) is 3.70. The third-order valence-corrected chi connectivity index (χ3v) is 6.32. The zero-order valence-corrected chi connectivity index (χ0v) is 15.7. The highest BCUT2D eigenvalue weighted by Crippen LogP contribution is 2.38. The fourth-order valence-electron chi connectivity index (χ4n) is 3.01. The Morgan fingerprint density at radius 3 is 2.48 bits per heavy atom. The minimum atomic E-state index is -3.44. The molecule has 0 saturated heterocycles. The molecule has 3 rings (SSSR count). The number of halogens is 1.